The molecule has 128 valence electrons. The molecule has 0 unspecified atom stereocenters. The van der Waals surface area contributed by atoms with E-state index in [0.717, 1.165) is 12.1 Å². The van der Waals surface area contributed by atoms with Crippen LogP contribution in [0.4, 0.5) is 9.93 Å². The van der Waals surface area contributed by atoms with Crippen molar-refractivity contribution < 1.29 is 14.3 Å². The fraction of sp³-hybridized carbons (Fsp3) is 0.750. The standard InChI is InChI=1S/C16H25N3O3S/c1-21-14-7-8-22-9-12(14)17-15(20)19-16-18-13(10-23-16)11-5-3-2-4-6-11/h10-12,14H,2-9H2,1H3,(H2,17,18,19,20)/t12-,14-/m1/s1. The highest BCUT2D eigenvalue weighted by molar-refractivity contribution is 7.13. The Balaban J connectivity index is 1.52. The van der Waals surface area contributed by atoms with Crippen LogP contribution in [0.5, 0.6) is 0 Å². The minimum absolute atomic E-state index is 0.00333. The minimum atomic E-state index is -0.243. The van der Waals surface area contributed by atoms with Crippen LogP contribution in [-0.2, 0) is 9.47 Å². The topological polar surface area (TPSA) is 72.5 Å². The Morgan fingerprint density at radius 3 is 2.96 bits per heavy atom. The highest BCUT2D eigenvalue weighted by atomic mass is 32.1. The maximum Gasteiger partial charge on any atom is 0.321 e. The molecule has 0 spiro atoms. The van der Waals surface area contributed by atoms with E-state index in [9.17, 15) is 4.79 Å². The number of rotatable bonds is 4. The number of amides is 2. The van der Waals surface area contributed by atoms with Gasteiger partial charge in [0.15, 0.2) is 5.13 Å². The predicted molar refractivity (Wildman–Crippen MR) is 90.1 cm³/mol. The number of anilines is 1. The number of carbonyl (C=O) groups excluding carboxylic acids is 1. The van der Waals surface area contributed by atoms with Gasteiger partial charge in [0.1, 0.15) is 0 Å². The SMILES string of the molecule is CO[C@@H]1CCOC[C@H]1NC(=O)Nc1nc(C2CCCCC2)cs1. The summed E-state index contributed by atoms with van der Waals surface area (Å²) in [6.45, 7) is 1.16. The zero-order chi connectivity index (χ0) is 16.1. The van der Waals surface area contributed by atoms with Crippen molar-refractivity contribution in [3.8, 4) is 0 Å². The lowest BCUT2D eigenvalue weighted by Crippen LogP contribution is -2.51. The average Bonchev–Trinajstić information content (AvgIpc) is 3.04. The van der Waals surface area contributed by atoms with Crippen molar-refractivity contribution in [3.05, 3.63) is 11.1 Å². The predicted octanol–water partition coefficient (Wildman–Crippen LogP) is 3.12. The lowest BCUT2D eigenvalue weighted by atomic mass is 9.87. The third-order valence-corrected chi connectivity index (χ3v) is 5.45. The highest BCUT2D eigenvalue weighted by Gasteiger charge is 2.27. The van der Waals surface area contributed by atoms with Gasteiger partial charge in [-0.15, -0.1) is 11.3 Å². The van der Waals surface area contributed by atoms with Gasteiger partial charge in [-0.2, -0.15) is 0 Å². The summed E-state index contributed by atoms with van der Waals surface area (Å²) in [5, 5.41) is 8.50. The van der Waals surface area contributed by atoms with E-state index in [-0.39, 0.29) is 18.2 Å². The number of hydrogen-bond acceptors (Lipinski definition) is 5. The molecule has 1 aromatic rings. The molecule has 7 heteroatoms. The summed E-state index contributed by atoms with van der Waals surface area (Å²) >= 11 is 1.49. The van der Waals surface area contributed by atoms with E-state index >= 15 is 0 Å². The largest absolute Gasteiger partial charge is 0.379 e. The number of aromatic nitrogens is 1. The van der Waals surface area contributed by atoms with E-state index in [0.29, 0.717) is 24.3 Å². The zero-order valence-electron chi connectivity index (χ0n) is 13.5. The molecule has 3 rings (SSSR count). The van der Waals surface area contributed by atoms with Gasteiger partial charge in [-0.1, -0.05) is 19.3 Å². The van der Waals surface area contributed by atoms with E-state index in [1.165, 1.54) is 43.4 Å². The first-order valence-corrected chi connectivity index (χ1v) is 9.27. The third-order valence-electron chi connectivity index (χ3n) is 4.68. The Labute approximate surface area is 141 Å². The fourth-order valence-electron chi connectivity index (χ4n) is 3.37. The van der Waals surface area contributed by atoms with Crippen LogP contribution in [0.1, 0.15) is 50.1 Å². The fourth-order valence-corrected chi connectivity index (χ4v) is 4.15. The van der Waals surface area contributed by atoms with E-state index < -0.39 is 0 Å². The Morgan fingerprint density at radius 2 is 2.17 bits per heavy atom. The quantitative estimate of drug-likeness (QED) is 0.884. The van der Waals surface area contributed by atoms with Crippen LogP contribution in [0, 0.1) is 0 Å². The van der Waals surface area contributed by atoms with Gasteiger partial charge in [-0.25, -0.2) is 9.78 Å². The molecule has 2 fully saturated rings. The Bertz CT molecular complexity index is 516. The summed E-state index contributed by atoms with van der Waals surface area (Å²) in [7, 11) is 1.67. The molecule has 0 aromatic carbocycles. The minimum Gasteiger partial charge on any atom is -0.379 e. The van der Waals surface area contributed by atoms with Gasteiger partial charge in [0, 0.05) is 25.0 Å². The molecule has 1 aromatic heterocycles. The molecule has 1 aliphatic carbocycles. The molecule has 23 heavy (non-hydrogen) atoms. The Hall–Kier alpha value is -1.18. The second-order valence-corrected chi connectivity index (χ2v) is 7.11. The van der Waals surface area contributed by atoms with Crippen LogP contribution < -0.4 is 10.6 Å². The number of thiazole rings is 1. The molecule has 2 heterocycles. The van der Waals surface area contributed by atoms with E-state index in [4.69, 9.17) is 9.47 Å². The first kappa shape index (κ1) is 16.7. The van der Waals surface area contributed by atoms with Crippen LogP contribution in [-0.4, -0.2) is 43.5 Å². The molecule has 0 bridgehead atoms. The lowest BCUT2D eigenvalue weighted by molar-refractivity contribution is -0.0330. The van der Waals surface area contributed by atoms with Gasteiger partial charge >= 0.3 is 6.03 Å². The number of urea groups is 1. The molecule has 1 saturated carbocycles. The summed E-state index contributed by atoms with van der Waals surface area (Å²) in [6, 6.07) is -0.362. The smallest absolute Gasteiger partial charge is 0.321 e. The van der Waals surface area contributed by atoms with Crippen LogP contribution in [0.2, 0.25) is 0 Å². The van der Waals surface area contributed by atoms with Gasteiger partial charge in [0.25, 0.3) is 0 Å². The maximum atomic E-state index is 12.2. The van der Waals surface area contributed by atoms with Gasteiger partial charge in [0.05, 0.1) is 24.4 Å². The molecule has 1 aliphatic heterocycles. The van der Waals surface area contributed by atoms with E-state index in [2.05, 4.69) is 21.0 Å². The van der Waals surface area contributed by atoms with Crippen molar-refractivity contribution in [2.45, 2.75) is 56.6 Å². The monoisotopic (exact) mass is 339 g/mol. The van der Waals surface area contributed by atoms with Gasteiger partial charge in [-0.3, -0.25) is 5.32 Å². The van der Waals surface area contributed by atoms with Gasteiger partial charge < -0.3 is 14.8 Å². The van der Waals surface area contributed by atoms with E-state index in [1.807, 2.05) is 0 Å². The number of methoxy groups -OCH3 is 1. The van der Waals surface area contributed by atoms with Crippen LogP contribution in [0.15, 0.2) is 5.38 Å². The summed E-state index contributed by atoms with van der Waals surface area (Å²) in [4.78, 5) is 16.8. The van der Waals surface area contributed by atoms with Crippen molar-refractivity contribution in [2.24, 2.45) is 0 Å². The summed E-state index contributed by atoms with van der Waals surface area (Å²) < 4.78 is 10.8. The van der Waals surface area contributed by atoms with Crippen LogP contribution in [0.25, 0.3) is 0 Å². The Kier molecular flexibility index (Phi) is 5.85. The first-order valence-electron chi connectivity index (χ1n) is 8.39. The summed E-state index contributed by atoms with van der Waals surface area (Å²) in [5.41, 5.74) is 1.13. The lowest BCUT2D eigenvalue weighted by Gasteiger charge is -2.30. The molecule has 2 N–H and O–H groups in total. The number of nitrogens with one attached hydrogen (secondary N) is 2. The normalized spacial score (nSPS) is 26.0. The number of carbonyl (C=O) groups is 1. The molecule has 2 atom stereocenters. The third kappa shape index (κ3) is 4.43. The van der Waals surface area contributed by atoms with Crippen LogP contribution in [0.3, 0.4) is 0 Å². The van der Waals surface area contributed by atoms with Crippen LogP contribution >= 0.6 is 11.3 Å². The van der Waals surface area contributed by atoms with E-state index in [1.54, 1.807) is 7.11 Å². The molecule has 2 aliphatic rings. The maximum absolute atomic E-state index is 12.2. The molecule has 6 nitrogen and oxygen atoms in total. The molecule has 2 amide bonds. The van der Waals surface area contributed by atoms with Gasteiger partial charge in [-0.05, 0) is 19.3 Å². The highest BCUT2D eigenvalue weighted by Crippen LogP contribution is 2.34. The number of nitrogens with zero attached hydrogens (tertiary/aromatic N) is 1. The van der Waals surface area contributed by atoms with Crippen molar-refractivity contribution in [2.75, 3.05) is 25.6 Å². The molecular weight excluding hydrogens is 314 g/mol. The molecular formula is C16H25N3O3S. The van der Waals surface area contributed by atoms with Gasteiger partial charge in [0.2, 0.25) is 0 Å². The van der Waals surface area contributed by atoms with Crippen molar-refractivity contribution in [1.29, 1.82) is 0 Å². The first-order chi connectivity index (χ1) is 11.3. The number of hydrogen-bond donors (Lipinski definition) is 2. The molecule has 1 saturated heterocycles. The van der Waals surface area contributed by atoms with Crippen molar-refractivity contribution >= 4 is 22.5 Å². The summed E-state index contributed by atoms with van der Waals surface area (Å²) in [5.74, 6) is 0.559. The van der Waals surface area contributed by atoms with Crippen molar-refractivity contribution in [1.82, 2.24) is 10.3 Å². The summed E-state index contributed by atoms with van der Waals surface area (Å²) in [6.07, 6.45) is 7.12. The zero-order valence-corrected chi connectivity index (χ0v) is 14.4. The molecule has 0 radical (unpaired) electrons. The number of ether oxygens (including phenoxy) is 2. The average molecular weight is 339 g/mol. The Morgan fingerprint density at radius 1 is 1.35 bits per heavy atom. The van der Waals surface area contributed by atoms with Crippen molar-refractivity contribution in [3.63, 3.8) is 0 Å². The second-order valence-electron chi connectivity index (χ2n) is 6.26. The second kappa shape index (κ2) is 8.08.